The van der Waals surface area contributed by atoms with E-state index in [4.69, 9.17) is 23.2 Å². The van der Waals surface area contributed by atoms with E-state index in [1.807, 2.05) is 20.8 Å². The van der Waals surface area contributed by atoms with Gasteiger partial charge in [0.15, 0.2) is 0 Å². The fourth-order valence-electron chi connectivity index (χ4n) is 3.97. The number of para-hydroxylation sites is 1. The fourth-order valence-corrected chi connectivity index (χ4v) is 5.79. The number of carbonyl (C=O) groups is 2. The van der Waals surface area contributed by atoms with Crippen molar-refractivity contribution in [2.45, 2.75) is 57.6 Å². The summed E-state index contributed by atoms with van der Waals surface area (Å²) >= 11 is 12.3. The van der Waals surface area contributed by atoms with Crippen molar-refractivity contribution >= 4 is 50.7 Å². The molecule has 0 saturated carbocycles. The molecule has 3 aromatic carbocycles. The van der Waals surface area contributed by atoms with Gasteiger partial charge in [-0.05, 0) is 76.1 Å². The molecule has 208 valence electrons. The Morgan fingerprint density at radius 1 is 0.923 bits per heavy atom. The number of halogens is 2. The molecule has 3 aromatic rings. The van der Waals surface area contributed by atoms with Crippen LogP contribution in [0.3, 0.4) is 0 Å². The molecule has 0 aliphatic heterocycles. The van der Waals surface area contributed by atoms with Crippen LogP contribution in [0.1, 0.15) is 38.8 Å². The van der Waals surface area contributed by atoms with Gasteiger partial charge in [-0.15, -0.1) is 0 Å². The molecule has 10 heteroatoms. The van der Waals surface area contributed by atoms with E-state index < -0.39 is 34.1 Å². The van der Waals surface area contributed by atoms with Gasteiger partial charge >= 0.3 is 0 Å². The molecule has 0 unspecified atom stereocenters. The Morgan fingerprint density at radius 3 is 2.13 bits per heavy atom. The van der Waals surface area contributed by atoms with Crippen LogP contribution in [0.15, 0.2) is 77.7 Å². The Kier molecular flexibility index (Phi) is 9.69. The largest absolute Gasteiger partial charge is 0.350 e. The maximum Gasteiger partial charge on any atom is 0.264 e. The minimum absolute atomic E-state index is 0.0153. The van der Waals surface area contributed by atoms with Crippen molar-refractivity contribution in [1.82, 2.24) is 10.2 Å². The molecule has 7 nitrogen and oxygen atoms in total. The number of hydrogen-bond acceptors (Lipinski definition) is 4. The topological polar surface area (TPSA) is 86.8 Å². The highest BCUT2D eigenvalue weighted by Crippen LogP contribution is 2.28. The number of hydrogen-bond donors (Lipinski definition) is 1. The van der Waals surface area contributed by atoms with Crippen molar-refractivity contribution in [3.63, 3.8) is 0 Å². The fraction of sp³-hybridized carbons (Fsp3) is 0.310. The molecule has 0 fully saturated rings. The second kappa shape index (κ2) is 12.4. The number of nitrogens with zero attached hydrogens (tertiary/aromatic N) is 2. The zero-order valence-electron chi connectivity index (χ0n) is 22.6. The number of anilines is 1. The number of carbonyl (C=O) groups excluding carboxylic acids is 2. The molecule has 2 amide bonds. The van der Waals surface area contributed by atoms with E-state index >= 15 is 0 Å². The van der Waals surface area contributed by atoms with Gasteiger partial charge in [0.05, 0.1) is 20.6 Å². The van der Waals surface area contributed by atoms with Crippen molar-refractivity contribution in [3.05, 3.63) is 94.0 Å². The zero-order chi connectivity index (χ0) is 29.0. The van der Waals surface area contributed by atoms with Crippen molar-refractivity contribution in [3.8, 4) is 0 Å². The third-order valence-corrected chi connectivity index (χ3v) is 8.51. The van der Waals surface area contributed by atoms with E-state index in [0.29, 0.717) is 26.9 Å². The lowest BCUT2D eigenvalue weighted by Crippen LogP contribution is -2.54. The van der Waals surface area contributed by atoms with Gasteiger partial charge in [-0.1, -0.05) is 65.7 Å². The summed E-state index contributed by atoms with van der Waals surface area (Å²) in [5.41, 5.74) is 1.16. The zero-order valence-corrected chi connectivity index (χ0v) is 24.9. The summed E-state index contributed by atoms with van der Waals surface area (Å²) in [6.45, 7) is 8.41. The summed E-state index contributed by atoms with van der Waals surface area (Å²) in [6, 6.07) is 18.9. The Morgan fingerprint density at radius 2 is 1.54 bits per heavy atom. The number of amides is 2. The molecule has 0 bridgehead atoms. The molecule has 0 radical (unpaired) electrons. The highest BCUT2D eigenvalue weighted by molar-refractivity contribution is 7.92. The Bertz CT molecular complexity index is 1440. The third kappa shape index (κ3) is 7.75. The first-order chi connectivity index (χ1) is 18.2. The van der Waals surface area contributed by atoms with Crippen molar-refractivity contribution in [1.29, 1.82) is 0 Å². The van der Waals surface area contributed by atoms with Gasteiger partial charge in [0.2, 0.25) is 11.8 Å². The molecule has 0 heterocycles. The average molecular weight is 591 g/mol. The van der Waals surface area contributed by atoms with Gasteiger partial charge in [0.25, 0.3) is 10.0 Å². The molecule has 0 aliphatic rings. The van der Waals surface area contributed by atoms with Gasteiger partial charge in [0, 0.05) is 12.1 Å². The second-order valence-electron chi connectivity index (χ2n) is 10.3. The maximum absolute atomic E-state index is 14.0. The van der Waals surface area contributed by atoms with Crippen LogP contribution < -0.4 is 9.62 Å². The summed E-state index contributed by atoms with van der Waals surface area (Å²) < 4.78 is 28.7. The summed E-state index contributed by atoms with van der Waals surface area (Å²) in [6.07, 6.45) is 0. The highest BCUT2D eigenvalue weighted by Gasteiger charge is 2.33. The van der Waals surface area contributed by atoms with Crippen molar-refractivity contribution in [2.24, 2.45) is 0 Å². The van der Waals surface area contributed by atoms with E-state index in [-0.39, 0.29) is 17.3 Å². The van der Waals surface area contributed by atoms with E-state index in [0.717, 1.165) is 4.31 Å². The van der Waals surface area contributed by atoms with Crippen LogP contribution in [0.2, 0.25) is 10.0 Å². The van der Waals surface area contributed by atoms with Crippen molar-refractivity contribution < 1.29 is 18.0 Å². The molecule has 1 N–H and O–H groups in total. The summed E-state index contributed by atoms with van der Waals surface area (Å²) in [7, 11) is -4.12. The number of rotatable bonds is 9. The van der Waals surface area contributed by atoms with E-state index in [1.54, 1.807) is 74.5 Å². The molecule has 39 heavy (non-hydrogen) atoms. The maximum atomic E-state index is 14.0. The van der Waals surface area contributed by atoms with Gasteiger partial charge in [-0.3, -0.25) is 13.9 Å². The van der Waals surface area contributed by atoms with E-state index in [1.165, 1.54) is 17.0 Å². The van der Waals surface area contributed by atoms with Crippen LogP contribution in [0.25, 0.3) is 0 Å². The van der Waals surface area contributed by atoms with Crippen LogP contribution in [0.4, 0.5) is 5.69 Å². The molecule has 0 aliphatic carbocycles. The van der Waals surface area contributed by atoms with E-state index in [2.05, 4.69) is 5.32 Å². The molecule has 3 rings (SSSR count). The lowest BCUT2D eigenvalue weighted by Gasteiger charge is -2.34. The minimum atomic E-state index is -4.12. The molecule has 0 spiro atoms. The summed E-state index contributed by atoms with van der Waals surface area (Å²) in [4.78, 5) is 28.5. The smallest absolute Gasteiger partial charge is 0.264 e. The predicted octanol–water partition coefficient (Wildman–Crippen LogP) is 5.83. The first kappa shape index (κ1) is 30.5. The molecule has 0 aromatic heterocycles. The van der Waals surface area contributed by atoms with Crippen LogP contribution in [0.5, 0.6) is 0 Å². The van der Waals surface area contributed by atoms with Crippen LogP contribution in [0, 0.1) is 6.92 Å². The van der Waals surface area contributed by atoms with Crippen LogP contribution in [-0.4, -0.2) is 43.3 Å². The molecule has 0 saturated heterocycles. The molecule has 1 atom stereocenters. The lowest BCUT2D eigenvalue weighted by molar-refractivity contribution is -0.140. The van der Waals surface area contributed by atoms with Crippen LogP contribution in [-0.2, 0) is 26.2 Å². The van der Waals surface area contributed by atoms with Gasteiger partial charge in [0.1, 0.15) is 12.6 Å². The second-order valence-corrected chi connectivity index (χ2v) is 13.0. The summed E-state index contributed by atoms with van der Waals surface area (Å²) in [5, 5.41) is 3.56. The number of benzene rings is 3. The van der Waals surface area contributed by atoms with Gasteiger partial charge < -0.3 is 10.2 Å². The number of nitrogens with one attached hydrogen (secondary N) is 1. The Hall–Kier alpha value is -3.07. The third-order valence-electron chi connectivity index (χ3n) is 6.00. The van der Waals surface area contributed by atoms with Crippen LogP contribution >= 0.6 is 23.2 Å². The Balaban J connectivity index is 2.05. The summed E-state index contributed by atoms with van der Waals surface area (Å²) in [5.74, 6) is -0.926. The normalized spacial score (nSPS) is 12.5. The Labute approximate surface area is 240 Å². The number of sulfonamides is 1. The first-order valence-electron chi connectivity index (χ1n) is 12.4. The molecular weight excluding hydrogens is 557 g/mol. The monoisotopic (exact) mass is 589 g/mol. The van der Waals surface area contributed by atoms with E-state index in [9.17, 15) is 18.0 Å². The quantitative estimate of drug-likeness (QED) is 0.340. The van der Waals surface area contributed by atoms with Gasteiger partial charge in [-0.2, -0.15) is 0 Å². The standard InChI is InChI=1S/C29H33Cl2N3O4S/c1-20-11-9-10-14-26(20)34(39(37,38)23-12-7-6-8-13-23)19-27(35)33(21(2)28(36)32-29(3,4)5)18-22-15-16-24(30)25(31)17-22/h6-17,21H,18-19H2,1-5H3,(H,32,36)/t21-/m0/s1. The average Bonchev–Trinajstić information content (AvgIpc) is 2.87. The predicted molar refractivity (Wildman–Crippen MR) is 157 cm³/mol. The SMILES string of the molecule is Cc1ccccc1N(CC(=O)N(Cc1ccc(Cl)c(Cl)c1)[C@@H](C)C(=O)NC(C)(C)C)S(=O)(=O)c1ccccc1. The highest BCUT2D eigenvalue weighted by atomic mass is 35.5. The number of aryl methyl sites for hydroxylation is 1. The molecular formula is C29H33Cl2N3O4S. The van der Waals surface area contributed by atoms with Crippen molar-refractivity contribution in [2.75, 3.05) is 10.8 Å². The minimum Gasteiger partial charge on any atom is -0.350 e. The van der Waals surface area contributed by atoms with Gasteiger partial charge in [-0.25, -0.2) is 8.42 Å². The first-order valence-corrected chi connectivity index (χ1v) is 14.6. The lowest BCUT2D eigenvalue weighted by atomic mass is 10.1.